The average Bonchev–Trinajstić information content (AvgIpc) is 3.34. The molecule has 0 N–H and O–H groups in total. The van der Waals surface area contributed by atoms with E-state index in [9.17, 15) is 0 Å². The highest BCUT2D eigenvalue weighted by molar-refractivity contribution is 5.92. The van der Waals surface area contributed by atoms with Gasteiger partial charge in [0.05, 0.1) is 0 Å². The quantitative estimate of drug-likeness (QED) is 0.200. The summed E-state index contributed by atoms with van der Waals surface area (Å²) in [7, 11) is 0. The Balaban J connectivity index is 1.16. The fourth-order valence-corrected chi connectivity index (χ4v) is 7.12. The van der Waals surface area contributed by atoms with Crippen LogP contribution in [0.3, 0.4) is 0 Å². The second kappa shape index (κ2) is 11.2. The van der Waals surface area contributed by atoms with Gasteiger partial charge in [0.2, 0.25) is 0 Å². The van der Waals surface area contributed by atoms with Gasteiger partial charge in [-0.2, -0.15) is 0 Å². The molecule has 6 aromatic rings. The zero-order valence-corrected chi connectivity index (χ0v) is 26.5. The minimum atomic E-state index is 0.0643. The molecule has 2 aliphatic rings. The van der Waals surface area contributed by atoms with Crippen LogP contribution in [0.5, 0.6) is 0 Å². The van der Waals surface area contributed by atoms with Gasteiger partial charge in [0.1, 0.15) is 0 Å². The Morgan fingerprint density at radius 2 is 1.04 bits per heavy atom. The first-order chi connectivity index (χ1) is 22.5. The summed E-state index contributed by atoms with van der Waals surface area (Å²) in [5.41, 5.74) is 14.7. The minimum absolute atomic E-state index is 0.0643. The molecule has 0 atom stereocenters. The molecule has 0 aliphatic heterocycles. The molecular weight excluding hydrogens is 558 g/mol. The summed E-state index contributed by atoms with van der Waals surface area (Å²) in [4.78, 5) is 14.8. The predicted octanol–water partition coefficient (Wildman–Crippen LogP) is 10.9. The number of rotatable bonds is 5. The van der Waals surface area contributed by atoms with Gasteiger partial charge < -0.3 is 0 Å². The van der Waals surface area contributed by atoms with Gasteiger partial charge in [-0.15, -0.1) is 0 Å². The van der Waals surface area contributed by atoms with Gasteiger partial charge in [-0.3, -0.25) is 0 Å². The van der Waals surface area contributed by atoms with E-state index in [2.05, 4.69) is 93.6 Å². The smallest absolute Gasteiger partial charge is 0.164 e. The molecule has 0 saturated heterocycles. The van der Waals surface area contributed by atoms with Gasteiger partial charge in [0.15, 0.2) is 17.5 Å². The van der Waals surface area contributed by atoms with E-state index in [0.29, 0.717) is 17.5 Å². The monoisotopic (exact) mass is 593 g/mol. The van der Waals surface area contributed by atoms with E-state index in [0.717, 1.165) is 35.1 Å². The molecule has 8 rings (SSSR count). The first kappa shape index (κ1) is 28.1. The van der Waals surface area contributed by atoms with Crippen LogP contribution >= 0.6 is 0 Å². The number of fused-ring (bicyclic) bond motifs is 3. The maximum Gasteiger partial charge on any atom is 0.164 e. The lowest BCUT2D eigenvalue weighted by molar-refractivity contribution is 0.654. The van der Waals surface area contributed by atoms with Crippen LogP contribution in [0.15, 0.2) is 139 Å². The molecule has 0 bridgehead atoms. The van der Waals surface area contributed by atoms with Gasteiger partial charge in [-0.05, 0) is 75.9 Å². The topological polar surface area (TPSA) is 38.7 Å². The molecule has 5 aromatic carbocycles. The Labute approximate surface area is 271 Å². The highest BCUT2D eigenvalue weighted by Crippen LogP contribution is 2.52. The Morgan fingerprint density at radius 1 is 0.478 bits per heavy atom. The standard InChI is InChI=1S/C43H35N3/c1-28-34(30-23-21-29(22-24-30)33-25-26-39-37(27-33)36-17-10-11-20-38(36)43(39,2)3)18-12-19-35(28)42-45-40(31-13-6-4-7-14-31)44-41(46-42)32-15-8-5-9-16-32/h4-9,12-27H,10-11H2,1-3H3. The van der Waals surface area contributed by atoms with Gasteiger partial charge in [-0.1, -0.05) is 141 Å². The third-order valence-electron chi connectivity index (χ3n) is 9.61. The van der Waals surface area contributed by atoms with Crippen LogP contribution < -0.4 is 0 Å². The van der Waals surface area contributed by atoms with Gasteiger partial charge in [-0.25, -0.2) is 15.0 Å². The molecule has 1 aromatic heterocycles. The number of nitrogens with zero attached hydrogens (tertiary/aromatic N) is 3. The molecule has 1 heterocycles. The van der Waals surface area contributed by atoms with Crippen LogP contribution in [0.2, 0.25) is 0 Å². The van der Waals surface area contributed by atoms with Gasteiger partial charge in [0.25, 0.3) is 0 Å². The summed E-state index contributed by atoms with van der Waals surface area (Å²) < 4.78 is 0. The molecule has 0 fully saturated rings. The largest absolute Gasteiger partial charge is 0.208 e. The van der Waals surface area contributed by atoms with Crippen molar-refractivity contribution in [3.8, 4) is 56.4 Å². The van der Waals surface area contributed by atoms with Gasteiger partial charge in [0, 0.05) is 22.1 Å². The van der Waals surface area contributed by atoms with E-state index in [1.54, 1.807) is 0 Å². The molecule has 3 nitrogen and oxygen atoms in total. The second-order valence-electron chi connectivity index (χ2n) is 12.8. The van der Waals surface area contributed by atoms with E-state index in [1.807, 2.05) is 60.7 Å². The van der Waals surface area contributed by atoms with Crippen molar-refractivity contribution >= 4 is 5.57 Å². The van der Waals surface area contributed by atoms with Crippen LogP contribution in [-0.4, -0.2) is 15.0 Å². The highest BCUT2D eigenvalue weighted by atomic mass is 15.0. The van der Waals surface area contributed by atoms with Crippen LogP contribution in [0.1, 0.15) is 43.4 Å². The fraction of sp³-hybridized carbons (Fsp3) is 0.140. The predicted molar refractivity (Wildman–Crippen MR) is 190 cm³/mol. The number of hydrogen-bond acceptors (Lipinski definition) is 3. The molecule has 2 aliphatic carbocycles. The summed E-state index contributed by atoms with van der Waals surface area (Å²) in [6.45, 7) is 6.88. The summed E-state index contributed by atoms with van der Waals surface area (Å²) in [6, 6.07) is 42.7. The molecule has 0 radical (unpaired) electrons. The summed E-state index contributed by atoms with van der Waals surface area (Å²) in [5.74, 6) is 2.01. The maximum atomic E-state index is 4.99. The van der Waals surface area contributed by atoms with Crippen molar-refractivity contribution in [2.75, 3.05) is 0 Å². The normalized spacial score (nSPS) is 14.7. The fourth-order valence-electron chi connectivity index (χ4n) is 7.12. The van der Waals surface area contributed by atoms with Crippen LogP contribution in [0, 0.1) is 6.92 Å². The summed E-state index contributed by atoms with van der Waals surface area (Å²) in [6.07, 6.45) is 7.14. The molecular formula is C43H35N3. The average molecular weight is 594 g/mol. The summed E-state index contributed by atoms with van der Waals surface area (Å²) in [5, 5.41) is 0. The van der Waals surface area contributed by atoms with Crippen molar-refractivity contribution in [1.82, 2.24) is 15.0 Å². The molecule has 46 heavy (non-hydrogen) atoms. The van der Waals surface area contributed by atoms with E-state index < -0.39 is 0 Å². The Bertz CT molecular complexity index is 2100. The SMILES string of the molecule is Cc1c(-c2ccc(-c3ccc4c(c3)C3=CCCC=C3C4(C)C)cc2)cccc1-c1nc(-c2ccccc2)nc(-c2ccccc2)n1. The van der Waals surface area contributed by atoms with E-state index in [1.165, 1.54) is 44.5 Å². The summed E-state index contributed by atoms with van der Waals surface area (Å²) >= 11 is 0. The van der Waals surface area contributed by atoms with Crippen molar-refractivity contribution in [3.63, 3.8) is 0 Å². The number of hydrogen-bond donors (Lipinski definition) is 0. The van der Waals surface area contributed by atoms with Crippen molar-refractivity contribution in [2.45, 2.75) is 39.0 Å². The third-order valence-corrected chi connectivity index (χ3v) is 9.61. The van der Waals surface area contributed by atoms with E-state index in [-0.39, 0.29) is 5.41 Å². The minimum Gasteiger partial charge on any atom is -0.208 e. The Morgan fingerprint density at radius 3 is 1.72 bits per heavy atom. The lowest BCUT2D eigenvalue weighted by atomic mass is 9.80. The zero-order valence-electron chi connectivity index (χ0n) is 26.5. The molecule has 0 unspecified atom stereocenters. The second-order valence-corrected chi connectivity index (χ2v) is 12.8. The van der Waals surface area contributed by atoms with Gasteiger partial charge >= 0.3 is 0 Å². The number of aromatic nitrogens is 3. The first-order valence-electron chi connectivity index (χ1n) is 16.1. The van der Waals surface area contributed by atoms with Crippen molar-refractivity contribution in [3.05, 3.63) is 156 Å². The molecule has 222 valence electrons. The third kappa shape index (κ3) is 4.80. The molecule has 0 amide bonds. The zero-order chi connectivity index (χ0) is 31.3. The lowest BCUT2D eigenvalue weighted by Crippen LogP contribution is -2.15. The molecule has 0 saturated carbocycles. The maximum absolute atomic E-state index is 4.99. The van der Waals surface area contributed by atoms with Crippen LogP contribution in [-0.2, 0) is 5.41 Å². The lowest BCUT2D eigenvalue weighted by Gasteiger charge is -2.23. The van der Waals surface area contributed by atoms with E-state index in [4.69, 9.17) is 15.0 Å². The molecule has 0 spiro atoms. The number of benzene rings is 5. The van der Waals surface area contributed by atoms with E-state index >= 15 is 0 Å². The Kier molecular flexibility index (Phi) is 6.83. The first-order valence-corrected chi connectivity index (χ1v) is 16.1. The number of allylic oxidation sites excluding steroid dienone is 4. The van der Waals surface area contributed by atoms with Crippen LogP contribution in [0.4, 0.5) is 0 Å². The highest BCUT2D eigenvalue weighted by Gasteiger charge is 2.38. The van der Waals surface area contributed by atoms with Crippen molar-refractivity contribution < 1.29 is 0 Å². The van der Waals surface area contributed by atoms with Crippen molar-refractivity contribution in [2.24, 2.45) is 0 Å². The Hall–Kier alpha value is -5.41. The molecule has 3 heteroatoms. The van der Waals surface area contributed by atoms with Crippen molar-refractivity contribution in [1.29, 1.82) is 0 Å². The van der Waals surface area contributed by atoms with Crippen LogP contribution in [0.25, 0.3) is 62.0 Å².